The molecule has 0 aliphatic rings. The second-order valence-electron chi connectivity index (χ2n) is 12.0. The van der Waals surface area contributed by atoms with Gasteiger partial charge < -0.3 is 19.7 Å². The van der Waals surface area contributed by atoms with Crippen molar-refractivity contribution in [1.82, 2.24) is 9.88 Å². The molecule has 244 valence electrons. The lowest BCUT2D eigenvalue weighted by molar-refractivity contribution is -0.139. The van der Waals surface area contributed by atoms with Crippen LogP contribution in [0.5, 0.6) is 5.75 Å². The first-order valence-corrected chi connectivity index (χ1v) is 16.8. The summed E-state index contributed by atoms with van der Waals surface area (Å²) in [5, 5.41) is 14.6. The zero-order valence-electron chi connectivity index (χ0n) is 26.8. The van der Waals surface area contributed by atoms with E-state index in [0.29, 0.717) is 44.6 Å². The first kappa shape index (κ1) is 34.1. The van der Waals surface area contributed by atoms with Crippen molar-refractivity contribution in [3.05, 3.63) is 112 Å². The van der Waals surface area contributed by atoms with E-state index in [1.54, 1.807) is 30.3 Å². The maximum atomic E-state index is 13.1. The molecule has 0 atom stereocenters. The van der Waals surface area contributed by atoms with Crippen LogP contribution >= 0.6 is 23.2 Å². The van der Waals surface area contributed by atoms with E-state index in [2.05, 4.69) is 48.0 Å². The Kier molecular flexibility index (Phi) is 11.6. The van der Waals surface area contributed by atoms with Crippen LogP contribution in [0.25, 0.3) is 33.2 Å². The summed E-state index contributed by atoms with van der Waals surface area (Å²) in [6.07, 6.45) is 6.57. The summed E-state index contributed by atoms with van der Waals surface area (Å²) >= 11 is 12.7. The summed E-state index contributed by atoms with van der Waals surface area (Å²) in [6.45, 7) is 5.40. The van der Waals surface area contributed by atoms with Crippen LogP contribution in [0.15, 0.2) is 84.9 Å². The average Bonchev–Trinajstić information content (AvgIpc) is 3.35. The number of halogens is 2. The van der Waals surface area contributed by atoms with Crippen LogP contribution in [0.1, 0.15) is 60.1 Å². The fourth-order valence-corrected chi connectivity index (χ4v) is 6.47. The molecule has 0 fully saturated rings. The van der Waals surface area contributed by atoms with Crippen molar-refractivity contribution in [2.75, 3.05) is 13.2 Å². The van der Waals surface area contributed by atoms with E-state index < -0.39 is 12.6 Å². The molecule has 0 saturated carbocycles. The molecule has 0 radical (unpaired) electrons. The molecule has 2 N–H and O–H groups in total. The number of carbonyl (C=O) groups is 2. The van der Waals surface area contributed by atoms with Crippen molar-refractivity contribution < 1.29 is 19.4 Å². The van der Waals surface area contributed by atoms with E-state index in [0.717, 1.165) is 37.8 Å². The number of aryl methyl sites for hydroxylation is 3. The minimum Gasteiger partial charge on any atom is -0.481 e. The Hall–Kier alpha value is -4.26. The maximum Gasteiger partial charge on any atom is 0.341 e. The highest BCUT2D eigenvalue weighted by Crippen LogP contribution is 2.40. The van der Waals surface area contributed by atoms with Gasteiger partial charge in [-0.2, -0.15) is 0 Å². The first-order valence-electron chi connectivity index (χ1n) is 16.1. The van der Waals surface area contributed by atoms with Gasteiger partial charge >= 0.3 is 5.97 Å². The topological polar surface area (TPSA) is 80.6 Å². The smallest absolute Gasteiger partial charge is 0.341 e. The molecule has 0 aliphatic heterocycles. The number of carboxylic acids is 1. The molecule has 1 amide bonds. The number of nitrogens with one attached hydrogen (secondary N) is 1. The normalized spacial score (nSPS) is 11.1. The lowest BCUT2D eigenvalue weighted by atomic mass is 9.96. The fourth-order valence-electron chi connectivity index (χ4n) is 6.04. The van der Waals surface area contributed by atoms with Gasteiger partial charge in [-0.05, 0) is 86.3 Å². The molecule has 8 heteroatoms. The number of hydrogen-bond donors (Lipinski definition) is 2. The molecular formula is C39H40Cl2N2O4. The Morgan fingerprint density at radius 3 is 2.23 bits per heavy atom. The van der Waals surface area contributed by atoms with E-state index >= 15 is 0 Å². The van der Waals surface area contributed by atoms with Gasteiger partial charge in [0.1, 0.15) is 5.75 Å². The van der Waals surface area contributed by atoms with Gasteiger partial charge in [-0.25, -0.2) is 4.79 Å². The van der Waals surface area contributed by atoms with Crippen molar-refractivity contribution in [2.45, 2.75) is 58.9 Å². The molecule has 4 aromatic carbocycles. The number of aromatic nitrogens is 1. The Balaban J connectivity index is 1.14. The van der Waals surface area contributed by atoms with Gasteiger partial charge in [-0.15, -0.1) is 0 Å². The minimum absolute atomic E-state index is 0.211. The number of hydrogen-bond acceptors (Lipinski definition) is 3. The number of para-hydroxylation sites is 1. The summed E-state index contributed by atoms with van der Waals surface area (Å²) < 4.78 is 8.22. The molecule has 6 nitrogen and oxygen atoms in total. The second-order valence-corrected chi connectivity index (χ2v) is 12.9. The van der Waals surface area contributed by atoms with Crippen LogP contribution in [0.2, 0.25) is 10.0 Å². The van der Waals surface area contributed by atoms with Gasteiger partial charge in [0.05, 0.1) is 0 Å². The van der Waals surface area contributed by atoms with Crippen molar-refractivity contribution in [2.24, 2.45) is 0 Å². The minimum atomic E-state index is -1.10. The molecule has 1 heterocycles. The van der Waals surface area contributed by atoms with Crippen molar-refractivity contribution in [3.63, 3.8) is 0 Å². The number of nitrogens with zero attached hydrogens (tertiary/aromatic N) is 1. The molecule has 0 saturated heterocycles. The Morgan fingerprint density at radius 2 is 1.47 bits per heavy atom. The Bertz CT molecular complexity index is 1880. The molecule has 5 rings (SSSR count). The molecule has 0 unspecified atom stereocenters. The number of carbonyl (C=O) groups excluding carboxylic acids is 1. The summed E-state index contributed by atoms with van der Waals surface area (Å²) in [7, 11) is 0. The van der Waals surface area contributed by atoms with Gasteiger partial charge in [-0.1, -0.05) is 90.8 Å². The zero-order chi connectivity index (χ0) is 33.3. The van der Waals surface area contributed by atoms with Crippen molar-refractivity contribution in [3.8, 4) is 28.0 Å². The van der Waals surface area contributed by atoms with Crippen LogP contribution in [0, 0.1) is 13.8 Å². The van der Waals surface area contributed by atoms with E-state index in [-0.39, 0.29) is 5.91 Å². The standard InChI is InChI=1S/C39H40Cl2N2O4/c1-26-15-16-36-30(19-26)20-27(2)43(36)18-8-6-4-3-5-7-17-42-39(46)31-21-29(23-33(41)24-31)35-14-10-13-34(38(35)47-25-37(44)45)28-11-9-12-32(40)22-28/h9-16,19-24H,3-8,17-18,25H2,1-2H3,(H,42,46)(H,44,45). The first-order chi connectivity index (χ1) is 22.7. The quantitative estimate of drug-likeness (QED) is 0.109. The molecular weight excluding hydrogens is 631 g/mol. The van der Waals surface area contributed by atoms with E-state index in [9.17, 15) is 14.7 Å². The average molecular weight is 672 g/mol. The summed E-state index contributed by atoms with van der Waals surface area (Å²) in [4.78, 5) is 24.6. The lowest BCUT2D eigenvalue weighted by Gasteiger charge is -2.17. The van der Waals surface area contributed by atoms with Gasteiger partial charge in [0.2, 0.25) is 0 Å². The Morgan fingerprint density at radius 1 is 0.766 bits per heavy atom. The molecule has 0 aliphatic carbocycles. The van der Waals surface area contributed by atoms with Gasteiger partial charge in [0, 0.05) is 56.4 Å². The number of fused-ring (bicyclic) bond motifs is 1. The predicted octanol–water partition coefficient (Wildman–Crippen LogP) is 10.1. The monoisotopic (exact) mass is 670 g/mol. The molecule has 0 spiro atoms. The van der Waals surface area contributed by atoms with Crippen LogP contribution in [0.4, 0.5) is 0 Å². The molecule has 47 heavy (non-hydrogen) atoms. The number of rotatable bonds is 15. The molecule has 0 bridgehead atoms. The summed E-state index contributed by atoms with van der Waals surface area (Å²) in [5.41, 5.74) is 7.06. The highest BCUT2D eigenvalue weighted by molar-refractivity contribution is 6.31. The predicted molar refractivity (Wildman–Crippen MR) is 192 cm³/mol. The van der Waals surface area contributed by atoms with Crippen LogP contribution < -0.4 is 10.1 Å². The van der Waals surface area contributed by atoms with Crippen LogP contribution in [-0.4, -0.2) is 34.7 Å². The molecule has 1 aromatic heterocycles. The van der Waals surface area contributed by atoms with Crippen LogP contribution in [-0.2, 0) is 11.3 Å². The van der Waals surface area contributed by atoms with Gasteiger partial charge in [0.25, 0.3) is 5.91 Å². The van der Waals surface area contributed by atoms with Gasteiger partial charge in [-0.3, -0.25) is 4.79 Å². The number of amides is 1. The third-order valence-electron chi connectivity index (χ3n) is 8.32. The maximum absolute atomic E-state index is 13.1. The van der Waals surface area contributed by atoms with E-state index in [4.69, 9.17) is 27.9 Å². The summed E-state index contributed by atoms with van der Waals surface area (Å²) in [6, 6.07) is 26.8. The Labute approximate surface area is 286 Å². The highest BCUT2D eigenvalue weighted by atomic mass is 35.5. The number of ether oxygens (including phenoxy) is 1. The highest BCUT2D eigenvalue weighted by Gasteiger charge is 2.17. The SMILES string of the molecule is Cc1ccc2c(c1)cc(C)n2CCCCCCCCNC(=O)c1cc(Cl)cc(-c2cccc(-c3cccc(Cl)c3)c2OCC(=O)O)c1. The second kappa shape index (κ2) is 16.0. The lowest BCUT2D eigenvalue weighted by Crippen LogP contribution is -2.24. The van der Waals surface area contributed by atoms with E-state index in [1.807, 2.05) is 30.3 Å². The number of aliphatic carboxylic acids is 1. The number of carboxylic acid groups (broad SMARTS) is 1. The van der Waals surface area contributed by atoms with Gasteiger partial charge in [0.15, 0.2) is 6.61 Å². The molecule has 5 aromatic rings. The van der Waals surface area contributed by atoms with Crippen molar-refractivity contribution in [1.29, 1.82) is 0 Å². The third kappa shape index (κ3) is 8.97. The number of benzene rings is 4. The summed E-state index contributed by atoms with van der Waals surface area (Å²) in [5.74, 6) is -0.936. The van der Waals surface area contributed by atoms with Crippen molar-refractivity contribution >= 4 is 46.0 Å². The fraction of sp³-hybridized carbons (Fsp3) is 0.282. The zero-order valence-corrected chi connectivity index (χ0v) is 28.3. The van der Waals surface area contributed by atoms with Crippen LogP contribution in [0.3, 0.4) is 0 Å². The third-order valence-corrected chi connectivity index (χ3v) is 8.77. The largest absolute Gasteiger partial charge is 0.481 e. The number of unbranched alkanes of at least 4 members (excludes halogenated alkanes) is 5. The van der Waals surface area contributed by atoms with E-state index in [1.165, 1.54) is 35.0 Å².